The molecular weight excluding hydrogens is 282 g/mol. The topological polar surface area (TPSA) is 44.5 Å². The first-order chi connectivity index (χ1) is 8.16. The van der Waals surface area contributed by atoms with Gasteiger partial charge in [-0.25, -0.2) is 0 Å². The molecule has 1 fully saturated rings. The first-order valence-corrected chi connectivity index (χ1v) is 6.75. The summed E-state index contributed by atoms with van der Waals surface area (Å²) in [6.07, 6.45) is 2.46. The maximum atomic E-state index is 5.94. The predicted molar refractivity (Wildman–Crippen MR) is 71.2 cm³/mol. The second-order valence-corrected chi connectivity index (χ2v) is 5.33. The van der Waals surface area contributed by atoms with Crippen LogP contribution in [0.15, 0.2) is 22.7 Å². The van der Waals surface area contributed by atoms with Gasteiger partial charge < -0.3 is 15.2 Å². The molecule has 3 nitrogen and oxygen atoms in total. The molecule has 1 heterocycles. The molecule has 4 heteroatoms. The van der Waals surface area contributed by atoms with Gasteiger partial charge in [-0.05, 0) is 38.0 Å². The summed E-state index contributed by atoms with van der Waals surface area (Å²) in [6, 6.07) is 5.90. The quantitative estimate of drug-likeness (QED) is 0.929. The molecule has 0 amide bonds. The Morgan fingerprint density at radius 1 is 1.59 bits per heavy atom. The van der Waals surface area contributed by atoms with Gasteiger partial charge in [-0.3, -0.25) is 0 Å². The minimum absolute atomic E-state index is 0.0352. The van der Waals surface area contributed by atoms with Crippen molar-refractivity contribution in [2.24, 2.45) is 5.73 Å². The van der Waals surface area contributed by atoms with E-state index in [1.165, 1.54) is 0 Å². The van der Waals surface area contributed by atoms with Gasteiger partial charge in [0.05, 0.1) is 6.10 Å². The van der Waals surface area contributed by atoms with E-state index in [1.54, 1.807) is 0 Å². The Hall–Kier alpha value is -0.580. The molecule has 1 unspecified atom stereocenters. The standard InChI is InChI=1S/C13H18BrNO2/c1-9(15)12-7-10(14)4-5-13(12)17-8-11-3-2-6-16-11/h4-5,7,9,11H,2-3,6,8,15H2,1H3/t9-,11?/m1/s1. The Balaban J connectivity index is 2.03. The summed E-state index contributed by atoms with van der Waals surface area (Å²) < 4.78 is 12.4. The van der Waals surface area contributed by atoms with Gasteiger partial charge >= 0.3 is 0 Å². The molecular formula is C13H18BrNO2. The normalized spacial score (nSPS) is 21.5. The third-order valence-electron chi connectivity index (χ3n) is 2.91. The van der Waals surface area contributed by atoms with Crippen molar-refractivity contribution < 1.29 is 9.47 Å². The van der Waals surface area contributed by atoms with Gasteiger partial charge in [0.2, 0.25) is 0 Å². The number of hydrogen-bond acceptors (Lipinski definition) is 3. The van der Waals surface area contributed by atoms with E-state index < -0.39 is 0 Å². The van der Waals surface area contributed by atoms with Crippen LogP contribution in [0.1, 0.15) is 31.4 Å². The lowest BCUT2D eigenvalue weighted by atomic mass is 10.1. The molecule has 2 atom stereocenters. The van der Waals surface area contributed by atoms with Crippen molar-refractivity contribution in [2.75, 3.05) is 13.2 Å². The Bertz CT molecular complexity index is 376. The first kappa shape index (κ1) is 12.9. The summed E-state index contributed by atoms with van der Waals surface area (Å²) in [7, 11) is 0. The number of ether oxygens (including phenoxy) is 2. The minimum Gasteiger partial charge on any atom is -0.491 e. The lowest BCUT2D eigenvalue weighted by molar-refractivity contribution is 0.0675. The van der Waals surface area contributed by atoms with Gasteiger partial charge in [-0.15, -0.1) is 0 Å². The van der Waals surface area contributed by atoms with Crippen LogP contribution in [0.5, 0.6) is 5.75 Å². The Morgan fingerprint density at radius 2 is 2.41 bits per heavy atom. The van der Waals surface area contributed by atoms with Crippen molar-refractivity contribution in [1.82, 2.24) is 0 Å². The molecule has 0 saturated carbocycles. The number of benzene rings is 1. The molecule has 0 aliphatic carbocycles. The molecule has 17 heavy (non-hydrogen) atoms. The molecule has 94 valence electrons. The average molecular weight is 300 g/mol. The number of rotatable bonds is 4. The lowest BCUT2D eigenvalue weighted by Gasteiger charge is -2.16. The third-order valence-corrected chi connectivity index (χ3v) is 3.40. The van der Waals surface area contributed by atoms with Crippen molar-refractivity contribution >= 4 is 15.9 Å². The lowest BCUT2D eigenvalue weighted by Crippen LogP contribution is -2.17. The Morgan fingerprint density at radius 3 is 3.06 bits per heavy atom. The van der Waals surface area contributed by atoms with Crippen LogP contribution in [0.4, 0.5) is 0 Å². The van der Waals surface area contributed by atoms with Gasteiger partial charge in [0, 0.05) is 22.7 Å². The molecule has 2 rings (SSSR count). The van der Waals surface area contributed by atoms with Crippen LogP contribution in [-0.2, 0) is 4.74 Å². The van der Waals surface area contributed by atoms with Crippen LogP contribution in [0.25, 0.3) is 0 Å². The Labute approximate surface area is 110 Å². The van der Waals surface area contributed by atoms with Crippen molar-refractivity contribution in [1.29, 1.82) is 0 Å². The highest BCUT2D eigenvalue weighted by molar-refractivity contribution is 9.10. The summed E-state index contributed by atoms with van der Waals surface area (Å²) in [6.45, 7) is 3.43. The number of nitrogens with two attached hydrogens (primary N) is 1. The van der Waals surface area contributed by atoms with E-state index in [4.69, 9.17) is 15.2 Å². The first-order valence-electron chi connectivity index (χ1n) is 5.96. The average Bonchev–Trinajstić information content (AvgIpc) is 2.80. The van der Waals surface area contributed by atoms with E-state index in [1.807, 2.05) is 25.1 Å². The predicted octanol–water partition coefficient (Wildman–Crippen LogP) is 3.03. The van der Waals surface area contributed by atoms with Crippen molar-refractivity contribution in [3.63, 3.8) is 0 Å². The third kappa shape index (κ3) is 3.44. The second kappa shape index (κ2) is 5.85. The van der Waals surface area contributed by atoms with Crippen LogP contribution < -0.4 is 10.5 Å². The molecule has 1 aliphatic heterocycles. The summed E-state index contributed by atoms with van der Waals surface area (Å²) >= 11 is 3.45. The molecule has 0 radical (unpaired) electrons. The molecule has 0 spiro atoms. The molecule has 2 N–H and O–H groups in total. The zero-order chi connectivity index (χ0) is 12.3. The van der Waals surface area contributed by atoms with Gasteiger partial charge in [-0.1, -0.05) is 15.9 Å². The van der Waals surface area contributed by atoms with Crippen LogP contribution in [0, 0.1) is 0 Å². The number of halogens is 1. The van der Waals surface area contributed by atoms with Gasteiger partial charge in [0.15, 0.2) is 0 Å². The number of hydrogen-bond donors (Lipinski definition) is 1. The molecule has 1 aliphatic rings. The molecule has 1 aromatic carbocycles. The highest BCUT2D eigenvalue weighted by Crippen LogP contribution is 2.28. The maximum Gasteiger partial charge on any atom is 0.124 e. The van der Waals surface area contributed by atoms with E-state index >= 15 is 0 Å². The Kier molecular flexibility index (Phi) is 4.42. The van der Waals surface area contributed by atoms with Crippen molar-refractivity contribution in [2.45, 2.75) is 31.9 Å². The summed E-state index contributed by atoms with van der Waals surface area (Å²) in [5.74, 6) is 0.860. The molecule has 0 bridgehead atoms. The van der Waals surface area contributed by atoms with E-state index in [9.17, 15) is 0 Å². The monoisotopic (exact) mass is 299 g/mol. The van der Waals surface area contributed by atoms with Gasteiger partial charge in [0.1, 0.15) is 12.4 Å². The highest BCUT2D eigenvalue weighted by atomic mass is 79.9. The molecule has 1 saturated heterocycles. The largest absolute Gasteiger partial charge is 0.491 e. The molecule has 0 aromatic heterocycles. The summed E-state index contributed by atoms with van der Waals surface area (Å²) in [5, 5.41) is 0. The zero-order valence-electron chi connectivity index (χ0n) is 9.99. The highest BCUT2D eigenvalue weighted by Gasteiger charge is 2.17. The van der Waals surface area contributed by atoms with Crippen LogP contribution in [0.2, 0.25) is 0 Å². The van der Waals surface area contributed by atoms with E-state index in [-0.39, 0.29) is 12.1 Å². The second-order valence-electron chi connectivity index (χ2n) is 4.42. The van der Waals surface area contributed by atoms with Crippen LogP contribution in [-0.4, -0.2) is 19.3 Å². The van der Waals surface area contributed by atoms with Crippen LogP contribution >= 0.6 is 15.9 Å². The fraction of sp³-hybridized carbons (Fsp3) is 0.538. The zero-order valence-corrected chi connectivity index (χ0v) is 11.6. The van der Waals surface area contributed by atoms with Crippen molar-refractivity contribution in [3.8, 4) is 5.75 Å². The summed E-state index contributed by atoms with van der Waals surface area (Å²) in [5.41, 5.74) is 6.96. The fourth-order valence-corrected chi connectivity index (χ4v) is 2.34. The summed E-state index contributed by atoms with van der Waals surface area (Å²) in [4.78, 5) is 0. The smallest absolute Gasteiger partial charge is 0.124 e. The maximum absolute atomic E-state index is 5.94. The minimum atomic E-state index is -0.0352. The fourth-order valence-electron chi connectivity index (χ4n) is 1.97. The molecule has 1 aromatic rings. The van der Waals surface area contributed by atoms with E-state index in [0.717, 1.165) is 35.2 Å². The van der Waals surface area contributed by atoms with Gasteiger partial charge in [-0.2, -0.15) is 0 Å². The van der Waals surface area contributed by atoms with Crippen molar-refractivity contribution in [3.05, 3.63) is 28.2 Å². The van der Waals surface area contributed by atoms with Gasteiger partial charge in [0.25, 0.3) is 0 Å². The SMILES string of the molecule is C[C@@H](N)c1cc(Br)ccc1OCC1CCCO1. The van der Waals surface area contributed by atoms with E-state index in [2.05, 4.69) is 15.9 Å². The van der Waals surface area contributed by atoms with E-state index in [0.29, 0.717) is 6.61 Å². The van der Waals surface area contributed by atoms with Crippen LogP contribution in [0.3, 0.4) is 0 Å².